The van der Waals surface area contributed by atoms with Gasteiger partial charge in [-0.15, -0.1) is 0 Å². The molecule has 0 aliphatic rings. The number of allylic oxidation sites excluding steroid dienone is 2. The number of unbranched alkanes of at least 4 members (excludes halogenated alkanes) is 12. The molecule has 0 radical (unpaired) electrons. The highest BCUT2D eigenvalue weighted by atomic mass is 16.5. The maximum atomic E-state index is 13.3. The summed E-state index contributed by atoms with van der Waals surface area (Å²) in [5.74, 6) is -7.21. The highest BCUT2D eigenvalue weighted by Gasteiger charge is 2.49. The average Bonchev–Trinajstić information content (AvgIpc) is 2.98. The van der Waals surface area contributed by atoms with Gasteiger partial charge in [-0.1, -0.05) is 107 Å². The van der Waals surface area contributed by atoms with E-state index in [0.717, 1.165) is 31.3 Å². The van der Waals surface area contributed by atoms with Gasteiger partial charge in [0, 0.05) is 6.42 Å². The van der Waals surface area contributed by atoms with Crippen LogP contribution in [0.5, 0.6) is 5.75 Å². The Labute approximate surface area is 273 Å². The molecule has 1 aromatic carbocycles. The summed E-state index contributed by atoms with van der Waals surface area (Å²) in [7, 11) is 0. The van der Waals surface area contributed by atoms with E-state index in [1.54, 1.807) is 30.3 Å². The number of hydrogen-bond acceptors (Lipinski definition) is 6. The van der Waals surface area contributed by atoms with Crippen LogP contribution in [0.2, 0.25) is 0 Å². The van der Waals surface area contributed by atoms with Crippen molar-refractivity contribution in [2.75, 3.05) is 6.61 Å². The Kier molecular flexibility index (Phi) is 20.0. The largest absolute Gasteiger partial charge is 0.490 e. The fourth-order valence-corrected chi connectivity index (χ4v) is 5.07. The zero-order valence-corrected chi connectivity index (χ0v) is 27.8. The minimum atomic E-state index is -2.98. The molecular formula is C36H55NO9. The van der Waals surface area contributed by atoms with Crippen molar-refractivity contribution in [3.63, 3.8) is 0 Å². The summed E-state index contributed by atoms with van der Waals surface area (Å²) < 4.78 is 5.61. The highest BCUT2D eigenvalue weighted by Crippen LogP contribution is 2.26. The lowest BCUT2D eigenvalue weighted by Gasteiger charge is -2.29. The Balaban J connectivity index is 2.81. The molecule has 1 rings (SSSR count). The normalized spacial score (nSPS) is 13.8. The van der Waals surface area contributed by atoms with Gasteiger partial charge in [-0.25, -0.2) is 9.59 Å². The van der Waals surface area contributed by atoms with Crippen LogP contribution in [0.15, 0.2) is 48.1 Å². The number of benzene rings is 1. The fourth-order valence-electron chi connectivity index (χ4n) is 5.07. The minimum absolute atomic E-state index is 0.130. The topological polar surface area (TPSA) is 170 Å². The molecule has 0 aromatic heterocycles. The lowest BCUT2D eigenvalue weighted by atomic mass is 9.82. The number of carboxylic acid groups (broad SMARTS) is 3. The summed E-state index contributed by atoms with van der Waals surface area (Å²) in [5, 5.41) is 42.1. The quantitative estimate of drug-likeness (QED) is 0.0543. The number of hydrogen-bond donors (Lipinski definition) is 5. The highest BCUT2D eigenvalue weighted by molar-refractivity contribution is 5.94. The van der Waals surface area contributed by atoms with E-state index in [4.69, 9.17) is 4.74 Å². The molecule has 46 heavy (non-hydrogen) atoms. The Morgan fingerprint density at radius 3 is 1.87 bits per heavy atom. The van der Waals surface area contributed by atoms with Crippen LogP contribution in [0.1, 0.15) is 116 Å². The zero-order valence-electron chi connectivity index (χ0n) is 27.8. The van der Waals surface area contributed by atoms with Crippen LogP contribution >= 0.6 is 0 Å². The molecule has 0 heterocycles. The molecule has 5 N–H and O–H groups in total. The third kappa shape index (κ3) is 16.6. The van der Waals surface area contributed by atoms with Gasteiger partial charge in [0.2, 0.25) is 5.91 Å². The summed E-state index contributed by atoms with van der Waals surface area (Å²) in [6, 6.07) is 5.20. The van der Waals surface area contributed by atoms with Crippen molar-refractivity contribution in [2.45, 2.75) is 129 Å². The molecule has 10 nitrogen and oxygen atoms in total. The number of amides is 1. The Hall–Kier alpha value is -3.66. The van der Waals surface area contributed by atoms with Gasteiger partial charge in [0.25, 0.3) is 0 Å². The van der Waals surface area contributed by atoms with Gasteiger partial charge in [-0.3, -0.25) is 9.59 Å². The van der Waals surface area contributed by atoms with Crippen molar-refractivity contribution in [3.8, 4) is 5.75 Å². The first-order chi connectivity index (χ1) is 21.9. The van der Waals surface area contributed by atoms with E-state index in [1.807, 2.05) is 19.9 Å². The smallest absolute Gasteiger partial charge is 0.337 e. The van der Waals surface area contributed by atoms with Crippen molar-refractivity contribution in [3.05, 3.63) is 53.6 Å². The number of carbonyl (C=O) groups is 4. The number of carboxylic acids is 3. The molecule has 0 saturated heterocycles. The summed E-state index contributed by atoms with van der Waals surface area (Å²) in [6.07, 6.45) is 17.8. The molecule has 0 aliphatic heterocycles. The molecule has 1 amide bonds. The summed E-state index contributed by atoms with van der Waals surface area (Å²) in [5.41, 5.74) is -1.30. The van der Waals surface area contributed by atoms with Crippen LogP contribution < -0.4 is 10.1 Å². The van der Waals surface area contributed by atoms with Crippen LogP contribution in [0, 0.1) is 5.92 Å². The van der Waals surface area contributed by atoms with E-state index in [2.05, 4.69) is 12.2 Å². The molecule has 1 aromatic rings. The van der Waals surface area contributed by atoms with Crippen LogP contribution in [0.3, 0.4) is 0 Å². The number of carbonyl (C=O) groups excluding carboxylic acids is 1. The van der Waals surface area contributed by atoms with Crippen LogP contribution in [0.25, 0.3) is 0 Å². The second-order valence-corrected chi connectivity index (χ2v) is 12.2. The molecule has 258 valence electrons. The van der Waals surface area contributed by atoms with Gasteiger partial charge in [0.1, 0.15) is 18.4 Å². The van der Waals surface area contributed by atoms with Gasteiger partial charge in [0.15, 0.2) is 5.60 Å². The molecule has 10 heteroatoms. The number of ether oxygens (including phenoxy) is 1. The predicted molar refractivity (Wildman–Crippen MR) is 178 cm³/mol. The molecule has 0 aliphatic carbocycles. The first-order valence-corrected chi connectivity index (χ1v) is 16.6. The van der Waals surface area contributed by atoms with E-state index in [9.17, 15) is 39.6 Å². The molecule has 3 atom stereocenters. The van der Waals surface area contributed by atoms with Gasteiger partial charge in [0.05, 0.1) is 12.3 Å². The van der Waals surface area contributed by atoms with Gasteiger partial charge in [-0.05, 0) is 50.5 Å². The second kappa shape index (κ2) is 22.8. The second-order valence-electron chi connectivity index (χ2n) is 12.2. The Morgan fingerprint density at radius 1 is 0.848 bits per heavy atom. The van der Waals surface area contributed by atoms with Gasteiger partial charge >= 0.3 is 17.9 Å². The lowest BCUT2D eigenvalue weighted by Crippen LogP contribution is -2.55. The monoisotopic (exact) mass is 645 g/mol. The third-order valence-electron chi connectivity index (χ3n) is 7.86. The maximum Gasteiger partial charge on any atom is 0.337 e. The first kappa shape index (κ1) is 40.4. The SMILES string of the molecule is CCCCCCCCCCCCCC/C=C/[C@H](C(=O)N[C@@H](Cc1ccc(OCC=C(C)C)cc1)C(=O)O)[C@@](O)(CC(=O)O)C(=O)O. The first-order valence-electron chi connectivity index (χ1n) is 16.6. The Morgan fingerprint density at radius 2 is 1.39 bits per heavy atom. The molecular weight excluding hydrogens is 590 g/mol. The predicted octanol–water partition coefficient (Wildman–Crippen LogP) is 6.70. The fraction of sp³-hybridized carbons (Fsp3) is 0.611. The molecule has 0 bridgehead atoms. The minimum Gasteiger partial charge on any atom is -0.490 e. The summed E-state index contributed by atoms with van der Waals surface area (Å²) >= 11 is 0. The van der Waals surface area contributed by atoms with Crippen molar-refractivity contribution < 1.29 is 44.3 Å². The molecule has 0 spiro atoms. The Bertz CT molecular complexity index is 1120. The standard InChI is InChI=1S/C36H55NO9/c1-4-5-6-7-8-9-10-11-12-13-14-15-16-17-18-30(36(45,35(43)44)26-32(38)39)33(40)37-31(34(41)42)25-28-19-21-29(22-20-28)46-24-23-27(2)3/h17-23,30-31,45H,4-16,24-26H2,1-3H3,(H,37,40)(H,38,39)(H,41,42)(H,43,44)/b18-17+/t30-,31+,36+/m1/s1. The maximum absolute atomic E-state index is 13.3. The number of aliphatic carboxylic acids is 3. The van der Waals surface area contributed by atoms with E-state index in [0.29, 0.717) is 24.3 Å². The average molecular weight is 646 g/mol. The van der Waals surface area contributed by atoms with Gasteiger partial charge in [-0.2, -0.15) is 0 Å². The van der Waals surface area contributed by atoms with Crippen molar-refractivity contribution >= 4 is 23.8 Å². The summed E-state index contributed by atoms with van der Waals surface area (Å²) in [6.45, 7) is 6.50. The molecule has 0 fully saturated rings. The van der Waals surface area contributed by atoms with Gasteiger partial charge < -0.3 is 30.5 Å². The van der Waals surface area contributed by atoms with E-state index >= 15 is 0 Å². The van der Waals surface area contributed by atoms with Crippen molar-refractivity contribution in [2.24, 2.45) is 5.92 Å². The summed E-state index contributed by atoms with van der Waals surface area (Å²) in [4.78, 5) is 48.9. The molecule has 0 saturated carbocycles. The zero-order chi connectivity index (χ0) is 34.4. The third-order valence-corrected chi connectivity index (χ3v) is 7.86. The van der Waals surface area contributed by atoms with E-state index in [1.165, 1.54) is 57.4 Å². The van der Waals surface area contributed by atoms with Crippen molar-refractivity contribution in [1.82, 2.24) is 5.32 Å². The lowest BCUT2D eigenvalue weighted by molar-refractivity contribution is -0.172. The van der Waals surface area contributed by atoms with Crippen molar-refractivity contribution in [1.29, 1.82) is 0 Å². The van der Waals surface area contributed by atoms with Crippen LogP contribution in [-0.4, -0.2) is 62.5 Å². The molecule has 0 unspecified atom stereocenters. The number of aliphatic hydroxyl groups is 1. The van der Waals surface area contributed by atoms with Crippen LogP contribution in [0.4, 0.5) is 0 Å². The van der Waals surface area contributed by atoms with E-state index in [-0.39, 0.29) is 6.42 Å². The van der Waals surface area contributed by atoms with Crippen LogP contribution in [-0.2, 0) is 25.6 Å². The number of rotatable bonds is 26. The number of nitrogens with one attached hydrogen (secondary N) is 1. The van der Waals surface area contributed by atoms with E-state index < -0.39 is 47.8 Å².